The van der Waals surface area contributed by atoms with Gasteiger partial charge in [0.25, 0.3) is 0 Å². The molecule has 2 N–H and O–H groups in total. The second-order valence-electron chi connectivity index (χ2n) is 6.91. The molecule has 0 radical (unpaired) electrons. The third-order valence-corrected chi connectivity index (χ3v) is 5.06. The Balaban J connectivity index is 1.93. The number of anilines is 1. The van der Waals surface area contributed by atoms with Gasteiger partial charge in [0.1, 0.15) is 5.82 Å². The lowest BCUT2D eigenvalue weighted by Gasteiger charge is -2.21. The van der Waals surface area contributed by atoms with E-state index >= 15 is 0 Å². The van der Waals surface area contributed by atoms with Gasteiger partial charge in [0.15, 0.2) is 0 Å². The summed E-state index contributed by atoms with van der Waals surface area (Å²) in [7, 11) is -3.47. The average Bonchev–Trinajstić information content (AvgIpc) is 3.10. The maximum Gasteiger partial charge on any atom is 0.303 e. The number of nitrogens with one attached hydrogen (secondary N) is 1. The van der Waals surface area contributed by atoms with Crippen LogP contribution >= 0.6 is 0 Å². The normalized spacial score (nSPS) is 16.3. The second kappa shape index (κ2) is 8.62. The van der Waals surface area contributed by atoms with E-state index in [2.05, 4.69) is 9.82 Å². The molecule has 0 saturated carbocycles. The summed E-state index contributed by atoms with van der Waals surface area (Å²) in [5.74, 6) is -2.06. The molecule has 3 rings (SSSR count). The van der Waals surface area contributed by atoms with Gasteiger partial charge in [-0.15, -0.1) is 0 Å². The van der Waals surface area contributed by atoms with Crippen LogP contribution in [0, 0.1) is 5.82 Å². The van der Waals surface area contributed by atoms with E-state index in [0.717, 1.165) is 6.26 Å². The van der Waals surface area contributed by atoms with Gasteiger partial charge in [-0.1, -0.05) is 24.3 Å². The highest BCUT2D eigenvalue weighted by Gasteiger charge is 2.33. The fourth-order valence-electron chi connectivity index (χ4n) is 3.19. The summed E-state index contributed by atoms with van der Waals surface area (Å²) in [6, 6.07) is 11.7. The van der Waals surface area contributed by atoms with Gasteiger partial charge in [-0.25, -0.2) is 17.8 Å². The summed E-state index contributed by atoms with van der Waals surface area (Å²) in [5.41, 5.74) is 1.97. The molecule has 158 valence electrons. The molecule has 2 aromatic carbocycles. The van der Waals surface area contributed by atoms with Crippen molar-refractivity contribution in [1.82, 2.24) is 5.01 Å². The molecule has 1 unspecified atom stereocenters. The molecule has 8 nitrogen and oxygen atoms in total. The molecule has 0 saturated heterocycles. The molecular formula is C20H20FN3O5S. The highest BCUT2D eigenvalue weighted by atomic mass is 32.2. The summed E-state index contributed by atoms with van der Waals surface area (Å²) >= 11 is 0. The Labute approximate surface area is 173 Å². The first-order valence-corrected chi connectivity index (χ1v) is 11.0. The van der Waals surface area contributed by atoms with Gasteiger partial charge in [0.2, 0.25) is 15.9 Å². The van der Waals surface area contributed by atoms with Crippen LogP contribution in [0.2, 0.25) is 0 Å². The zero-order chi connectivity index (χ0) is 21.9. The largest absolute Gasteiger partial charge is 0.481 e. The Kier molecular flexibility index (Phi) is 6.16. The SMILES string of the molecule is CS(=O)(=O)Nc1cccc(C2=NN(C(=O)CCC(=O)O)C(c3cccc(F)c3)C2)c1. The number of hydrogen-bond acceptors (Lipinski definition) is 5. The fraction of sp³-hybridized carbons (Fsp3) is 0.250. The van der Waals surface area contributed by atoms with Crippen molar-refractivity contribution in [1.29, 1.82) is 0 Å². The maximum absolute atomic E-state index is 13.7. The van der Waals surface area contributed by atoms with Crippen LogP contribution in [-0.4, -0.2) is 42.4 Å². The van der Waals surface area contributed by atoms with Crippen LogP contribution in [0.3, 0.4) is 0 Å². The number of aliphatic carboxylic acids is 1. The number of hydrazone groups is 1. The van der Waals surface area contributed by atoms with Gasteiger partial charge in [-0.2, -0.15) is 5.10 Å². The molecule has 30 heavy (non-hydrogen) atoms. The lowest BCUT2D eigenvalue weighted by atomic mass is 9.98. The molecule has 10 heteroatoms. The van der Waals surface area contributed by atoms with Gasteiger partial charge in [-0.3, -0.25) is 14.3 Å². The standard InChI is InChI=1S/C20H20FN3O5S/c1-30(28,29)23-16-7-3-4-13(11-16)17-12-18(14-5-2-6-15(21)10-14)24(22-17)19(25)8-9-20(26)27/h2-7,10-11,18,23H,8-9,12H2,1H3,(H,26,27). The third-order valence-electron chi connectivity index (χ3n) is 4.45. The Bertz CT molecular complexity index is 1120. The number of hydrogen-bond donors (Lipinski definition) is 2. The Morgan fingerprint density at radius 3 is 2.60 bits per heavy atom. The number of amides is 1. The predicted molar refractivity (Wildman–Crippen MR) is 109 cm³/mol. The van der Waals surface area contributed by atoms with E-state index in [1.54, 1.807) is 30.3 Å². The maximum atomic E-state index is 13.7. The van der Waals surface area contributed by atoms with Gasteiger partial charge in [0, 0.05) is 18.5 Å². The van der Waals surface area contributed by atoms with Crippen LogP contribution in [0.15, 0.2) is 53.6 Å². The number of nitrogens with zero attached hydrogens (tertiary/aromatic N) is 2. The van der Waals surface area contributed by atoms with Crippen LogP contribution in [-0.2, 0) is 19.6 Å². The third kappa shape index (κ3) is 5.41. The van der Waals surface area contributed by atoms with Gasteiger partial charge in [-0.05, 0) is 35.4 Å². The first-order valence-electron chi connectivity index (χ1n) is 9.07. The first kappa shape index (κ1) is 21.4. The van der Waals surface area contributed by atoms with E-state index in [-0.39, 0.29) is 19.3 Å². The Hall–Kier alpha value is -3.27. The van der Waals surface area contributed by atoms with Gasteiger partial charge < -0.3 is 5.11 Å². The summed E-state index contributed by atoms with van der Waals surface area (Å²) in [5, 5.41) is 14.4. The van der Waals surface area contributed by atoms with E-state index in [4.69, 9.17) is 5.11 Å². The minimum Gasteiger partial charge on any atom is -0.481 e. The van der Waals surface area contributed by atoms with Crippen molar-refractivity contribution in [3.63, 3.8) is 0 Å². The zero-order valence-corrected chi connectivity index (χ0v) is 16.9. The van der Waals surface area contributed by atoms with Crippen molar-refractivity contribution in [2.45, 2.75) is 25.3 Å². The van der Waals surface area contributed by atoms with Crippen molar-refractivity contribution in [3.05, 3.63) is 65.5 Å². The Morgan fingerprint density at radius 2 is 1.93 bits per heavy atom. The minimum atomic E-state index is -3.47. The highest BCUT2D eigenvalue weighted by Crippen LogP contribution is 2.34. The lowest BCUT2D eigenvalue weighted by molar-refractivity contribution is -0.141. The average molecular weight is 433 g/mol. The minimum absolute atomic E-state index is 0.242. The number of carbonyl (C=O) groups is 2. The number of halogens is 1. The summed E-state index contributed by atoms with van der Waals surface area (Å²) in [6.07, 6.45) is 0.720. The number of carboxylic acids is 1. The monoisotopic (exact) mass is 433 g/mol. The lowest BCUT2D eigenvalue weighted by Crippen LogP contribution is -2.27. The molecule has 1 aliphatic heterocycles. The van der Waals surface area contributed by atoms with Crippen LogP contribution in [0.25, 0.3) is 0 Å². The van der Waals surface area contributed by atoms with E-state index in [9.17, 15) is 22.4 Å². The summed E-state index contributed by atoms with van der Waals surface area (Å²) in [6.45, 7) is 0. The molecule has 0 fully saturated rings. The molecular weight excluding hydrogens is 413 g/mol. The molecule has 2 aromatic rings. The van der Waals surface area contributed by atoms with E-state index in [0.29, 0.717) is 22.5 Å². The molecule has 0 aliphatic carbocycles. The van der Waals surface area contributed by atoms with Gasteiger partial charge in [0.05, 0.1) is 24.4 Å². The molecule has 0 aromatic heterocycles. The van der Waals surface area contributed by atoms with E-state index < -0.39 is 33.8 Å². The van der Waals surface area contributed by atoms with E-state index in [1.165, 1.54) is 23.2 Å². The van der Waals surface area contributed by atoms with Crippen molar-refractivity contribution < 1.29 is 27.5 Å². The van der Waals surface area contributed by atoms with Crippen molar-refractivity contribution in [2.75, 3.05) is 11.0 Å². The molecule has 1 amide bonds. The van der Waals surface area contributed by atoms with E-state index in [1.807, 2.05) is 0 Å². The number of sulfonamides is 1. The Morgan fingerprint density at radius 1 is 1.20 bits per heavy atom. The molecule has 1 atom stereocenters. The van der Waals surface area contributed by atoms with Gasteiger partial charge >= 0.3 is 5.97 Å². The second-order valence-corrected chi connectivity index (χ2v) is 8.66. The number of rotatable bonds is 7. The zero-order valence-electron chi connectivity index (χ0n) is 16.1. The molecule has 1 heterocycles. The van der Waals surface area contributed by atoms with Crippen LogP contribution < -0.4 is 4.72 Å². The van der Waals surface area contributed by atoms with Crippen molar-refractivity contribution >= 4 is 33.3 Å². The number of carboxylic acid groups (broad SMARTS) is 1. The molecule has 1 aliphatic rings. The molecule has 0 spiro atoms. The fourth-order valence-corrected chi connectivity index (χ4v) is 3.75. The first-order chi connectivity index (χ1) is 14.1. The van der Waals surface area contributed by atoms with Crippen LogP contribution in [0.1, 0.15) is 36.4 Å². The number of benzene rings is 2. The molecule has 0 bridgehead atoms. The predicted octanol–water partition coefficient (Wildman–Crippen LogP) is 2.74. The van der Waals surface area contributed by atoms with Crippen molar-refractivity contribution in [3.8, 4) is 0 Å². The summed E-state index contributed by atoms with van der Waals surface area (Å²) in [4.78, 5) is 23.5. The smallest absolute Gasteiger partial charge is 0.303 e. The highest BCUT2D eigenvalue weighted by molar-refractivity contribution is 7.92. The van der Waals surface area contributed by atoms with Crippen LogP contribution in [0.4, 0.5) is 10.1 Å². The summed E-state index contributed by atoms with van der Waals surface area (Å²) < 4.78 is 39.1. The quantitative estimate of drug-likeness (QED) is 0.697. The topological polar surface area (TPSA) is 116 Å². The van der Waals surface area contributed by atoms with Crippen LogP contribution in [0.5, 0.6) is 0 Å². The number of carbonyl (C=O) groups excluding carboxylic acids is 1. The van der Waals surface area contributed by atoms with Crippen molar-refractivity contribution in [2.24, 2.45) is 5.10 Å².